The van der Waals surface area contributed by atoms with E-state index in [2.05, 4.69) is 19.9 Å². The highest BCUT2D eigenvalue weighted by atomic mass is 16.4. The molecule has 0 aliphatic carbocycles. The molecule has 0 saturated carbocycles. The molecule has 2 aromatic heterocycles. The lowest BCUT2D eigenvalue weighted by molar-refractivity contribution is -0.142. The number of aliphatic carboxylic acids is 1. The summed E-state index contributed by atoms with van der Waals surface area (Å²) in [6.45, 7) is 3.33. The molecule has 1 fully saturated rings. The minimum absolute atomic E-state index is 0.238. The molecule has 7 nitrogen and oxygen atoms in total. The summed E-state index contributed by atoms with van der Waals surface area (Å²) in [5.74, 6) is 1.53. The Hall–Kier alpha value is -2.44. The molecule has 0 bridgehead atoms. The van der Waals surface area contributed by atoms with Crippen molar-refractivity contribution in [3.8, 4) is 5.82 Å². The molecule has 0 aromatic carbocycles. The van der Waals surface area contributed by atoms with E-state index >= 15 is 0 Å². The second-order valence-electron chi connectivity index (χ2n) is 5.18. The van der Waals surface area contributed by atoms with Crippen LogP contribution < -0.4 is 4.90 Å². The van der Waals surface area contributed by atoms with Gasteiger partial charge in [-0.2, -0.15) is 0 Å². The van der Waals surface area contributed by atoms with Crippen LogP contribution in [-0.2, 0) is 4.79 Å². The number of hydrogen-bond acceptors (Lipinski definition) is 5. The number of anilines is 1. The van der Waals surface area contributed by atoms with Gasteiger partial charge < -0.3 is 10.0 Å². The van der Waals surface area contributed by atoms with Gasteiger partial charge in [-0.1, -0.05) is 0 Å². The molecular formula is C14H17N5O2. The Kier molecular flexibility index (Phi) is 3.55. The van der Waals surface area contributed by atoms with Crippen LogP contribution in [0.5, 0.6) is 0 Å². The largest absolute Gasteiger partial charge is 0.481 e. The summed E-state index contributed by atoms with van der Waals surface area (Å²) < 4.78 is 1.90. The molecule has 1 aliphatic heterocycles. The SMILES string of the molecule is Cc1nccn1-c1cc(N2CCC(C(=O)O)CC2)ncn1. The third-order valence-electron chi connectivity index (χ3n) is 3.88. The smallest absolute Gasteiger partial charge is 0.306 e. The van der Waals surface area contributed by atoms with Gasteiger partial charge in [-0.3, -0.25) is 9.36 Å². The fourth-order valence-corrected chi connectivity index (χ4v) is 2.62. The first-order chi connectivity index (χ1) is 10.1. The monoisotopic (exact) mass is 287 g/mol. The minimum Gasteiger partial charge on any atom is -0.481 e. The second kappa shape index (κ2) is 5.51. The zero-order chi connectivity index (χ0) is 14.8. The maximum absolute atomic E-state index is 11.0. The number of carbonyl (C=O) groups is 1. The number of carboxylic acids is 1. The molecule has 1 saturated heterocycles. The summed E-state index contributed by atoms with van der Waals surface area (Å²) in [5, 5.41) is 9.04. The lowest BCUT2D eigenvalue weighted by Crippen LogP contribution is -2.36. The van der Waals surface area contributed by atoms with Gasteiger partial charge in [0.05, 0.1) is 5.92 Å². The van der Waals surface area contributed by atoms with E-state index < -0.39 is 5.97 Å². The molecule has 0 spiro atoms. The third kappa shape index (κ3) is 2.72. The van der Waals surface area contributed by atoms with Gasteiger partial charge in [-0.05, 0) is 19.8 Å². The number of piperidine rings is 1. The molecule has 1 aliphatic rings. The number of nitrogens with zero attached hydrogens (tertiary/aromatic N) is 5. The average molecular weight is 287 g/mol. The van der Waals surface area contributed by atoms with Crippen LogP contribution in [0.1, 0.15) is 18.7 Å². The van der Waals surface area contributed by atoms with E-state index in [9.17, 15) is 4.79 Å². The Bertz CT molecular complexity index is 646. The van der Waals surface area contributed by atoms with Crippen LogP contribution in [0, 0.1) is 12.8 Å². The summed E-state index contributed by atoms with van der Waals surface area (Å²) >= 11 is 0. The van der Waals surface area contributed by atoms with Gasteiger partial charge in [0, 0.05) is 31.5 Å². The van der Waals surface area contributed by atoms with Gasteiger partial charge in [0.1, 0.15) is 23.8 Å². The van der Waals surface area contributed by atoms with Gasteiger partial charge in [-0.15, -0.1) is 0 Å². The van der Waals surface area contributed by atoms with Gasteiger partial charge >= 0.3 is 5.97 Å². The van der Waals surface area contributed by atoms with Crippen molar-refractivity contribution in [2.75, 3.05) is 18.0 Å². The van der Waals surface area contributed by atoms with Crippen molar-refractivity contribution in [1.82, 2.24) is 19.5 Å². The number of aryl methyl sites for hydroxylation is 1. The molecule has 0 unspecified atom stereocenters. The zero-order valence-corrected chi connectivity index (χ0v) is 11.8. The van der Waals surface area contributed by atoms with Crippen molar-refractivity contribution in [2.45, 2.75) is 19.8 Å². The molecule has 0 radical (unpaired) electrons. The Morgan fingerprint density at radius 2 is 1.95 bits per heavy atom. The van der Waals surface area contributed by atoms with Crippen LogP contribution in [0.4, 0.5) is 5.82 Å². The molecule has 0 amide bonds. The van der Waals surface area contributed by atoms with E-state index in [1.54, 1.807) is 6.20 Å². The zero-order valence-electron chi connectivity index (χ0n) is 11.8. The quantitative estimate of drug-likeness (QED) is 0.915. The summed E-state index contributed by atoms with van der Waals surface area (Å²) in [6.07, 6.45) is 6.43. The van der Waals surface area contributed by atoms with Crippen molar-refractivity contribution >= 4 is 11.8 Å². The summed E-state index contributed by atoms with van der Waals surface area (Å²) in [6, 6.07) is 1.91. The van der Waals surface area contributed by atoms with Crippen molar-refractivity contribution < 1.29 is 9.90 Å². The van der Waals surface area contributed by atoms with Gasteiger partial charge in [0.25, 0.3) is 0 Å². The predicted octanol–water partition coefficient (Wildman–Crippen LogP) is 1.27. The van der Waals surface area contributed by atoms with Crippen molar-refractivity contribution in [3.05, 3.63) is 30.6 Å². The van der Waals surface area contributed by atoms with E-state index in [-0.39, 0.29) is 5.92 Å². The minimum atomic E-state index is -0.702. The highest BCUT2D eigenvalue weighted by Crippen LogP contribution is 2.22. The van der Waals surface area contributed by atoms with E-state index in [1.807, 2.05) is 23.8 Å². The maximum atomic E-state index is 11.0. The van der Waals surface area contributed by atoms with Crippen LogP contribution in [0.2, 0.25) is 0 Å². The Morgan fingerprint density at radius 3 is 2.57 bits per heavy atom. The van der Waals surface area contributed by atoms with Crippen LogP contribution in [0.3, 0.4) is 0 Å². The molecule has 7 heteroatoms. The third-order valence-corrected chi connectivity index (χ3v) is 3.88. The molecule has 3 rings (SSSR count). The van der Waals surface area contributed by atoms with Crippen LogP contribution >= 0.6 is 0 Å². The fourth-order valence-electron chi connectivity index (χ4n) is 2.62. The van der Waals surface area contributed by atoms with E-state index in [0.717, 1.165) is 17.5 Å². The van der Waals surface area contributed by atoms with E-state index in [4.69, 9.17) is 5.11 Å². The topological polar surface area (TPSA) is 84.1 Å². The fraction of sp³-hybridized carbons (Fsp3) is 0.429. The highest BCUT2D eigenvalue weighted by Gasteiger charge is 2.25. The molecule has 3 heterocycles. The van der Waals surface area contributed by atoms with Crippen LogP contribution in [0.15, 0.2) is 24.8 Å². The Labute approximate surface area is 122 Å². The molecule has 2 aromatic rings. The molecule has 0 atom stereocenters. The number of hydrogen-bond donors (Lipinski definition) is 1. The number of imidazole rings is 1. The highest BCUT2D eigenvalue weighted by molar-refractivity contribution is 5.70. The van der Waals surface area contributed by atoms with Crippen molar-refractivity contribution in [2.24, 2.45) is 5.92 Å². The summed E-state index contributed by atoms with van der Waals surface area (Å²) in [4.78, 5) is 25.9. The van der Waals surface area contributed by atoms with Crippen molar-refractivity contribution in [3.63, 3.8) is 0 Å². The number of carboxylic acid groups (broad SMARTS) is 1. The molecule has 1 N–H and O–H groups in total. The van der Waals surface area contributed by atoms with Gasteiger partial charge in [0.15, 0.2) is 0 Å². The molecular weight excluding hydrogens is 270 g/mol. The first-order valence-electron chi connectivity index (χ1n) is 6.95. The van der Waals surface area contributed by atoms with Crippen LogP contribution in [0.25, 0.3) is 5.82 Å². The summed E-state index contributed by atoms with van der Waals surface area (Å²) in [5.41, 5.74) is 0. The van der Waals surface area contributed by atoms with E-state index in [0.29, 0.717) is 25.9 Å². The van der Waals surface area contributed by atoms with Crippen molar-refractivity contribution in [1.29, 1.82) is 0 Å². The molecule has 21 heavy (non-hydrogen) atoms. The second-order valence-corrected chi connectivity index (χ2v) is 5.18. The van der Waals surface area contributed by atoms with Gasteiger partial charge in [0.2, 0.25) is 0 Å². The normalized spacial score (nSPS) is 16.1. The first kappa shape index (κ1) is 13.5. The standard InChI is InChI=1S/C14H17N5O2/c1-10-15-4-7-19(10)13-8-12(16-9-17-13)18-5-2-11(3-6-18)14(20)21/h4,7-9,11H,2-3,5-6H2,1H3,(H,20,21). The summed E-state index contributed by atoms with van der Waals surface area (Å²) in [7, 11) is 0. The average Bonchev–Trinajstić information content (AvgIpc) is 2.94. The lowest BCUT2D eigenvalue weighted by Gasteiger charge is -2.31. The Balaban J connectivity index is 1.78. The van der Waals surface area contributed by atoms with Crippen LogP contribution in [-0.4, -0.2) is 43.7 Å². The lowest BCUT2D eigenvalue weighted by atomic mass is 9.97. The molecule has 110 valence electrons. The predicted molar refractivity (Wildman–Crippen MR) is 76.5 cm³/mol. The van der Waals surface area contributed by atoms with E-state index in [1.165, 1.54) is 6.33 Å². The number of aromatic nitrogens is 4. The first-order valence-corrected chi connectivity index (χ1v) is 6.95. The maximum Gasteiger partial charge on any atom is 0.306 e. The number of rotatable bonds is 3. The van der Waals surface area contributed by atoms with Gasteiger partial charge in [-0.25, -0.2) is 15.0 Å². The Morgan fingerprint density at radius 1 is 1.24 bits per heavy atom.